The molecule has 1 atom stereocenters. The number of aromatic nitrogens is 5. The van der Waals surface area contributed by atoms with E-state index in [4.69, 9.17) is 4.98 Å². The third-order valence-electron chi connectivity index (χ3n) is 6.23. The Hall–Kier alpha value is -4.01. The first-order valence-electron chi connectivity index (χ1n) is 10.8. The van der Waals surface area contributed by atoms with E-state index in [2.05, 4.69) is 5.10 Å². The van der Waals surface area contributed by atoms with Crippen LogP contribution in [0.4, 0.5) is 0 Å². The van der Waals surface area contributed by atoms with E-state index in [1.54, 1.807) is 39.7 Å². The van der Waals surface area contributed by atoms with Crippen molar-refractivity contribution in [1.29, 1.82) is 0 Å². The number of rotatable bonds is 4. The van der Waals surface area contributed by atoms with Gasteiger partial charge in [-0.25, -0.2) is 9.78 Å². The molecule has 0 radical (unpaired) electrons. The summed E-state index contributed by atoms with van der Waals surface area (Å²) < 4.78 is 4.28. The second-order valence-electron chi connectivity index (χ2n) is 8.47. The fourth-order valence-corrected chi connectivity index (χ4v) is 4.41. The van der Waals surface area contributed by atoms with Crippen molar-refractivity contribution in [2.75, 3.05) is 13.1 Å². The molecule has 0 spiro atoms. The highest BCUT2D eigenvalue weighted by Gasteiger charge is 2.30. The number of likely N-dealkylation sites (tertiary alicyclic amines) is 1. The van der Waals surface area contributed by atoms with Gasteiger partial charge in [0.15, 0.2) is 0 Å². The number of hydrogen-bond acceptors (Lipinski definition) is 5. The van der Waals surface area contributed by atoms with Gasteiger partial charge in [-0.3, -0.25) is 23.4 Å². The maximum Gasteiger partial charge on any atom is 0.332 e. The van der Waals surface area contributed by atoms with Crippen molar-refractivity contribution >= 4 is 16.9 Å². The van der Waals surface area contributed by atoms with Crippen LogP contribution in [0.5, 0.6) is 0 Å². The second kappa shape index (κ2) is 8.16. The van der Waals surface area contributed by atoms with E-state index in [0.717, 1.165) is 22.2 Å². The van der Waals surface area contributed by atoms with Crippen LogP contribution in [-0.2, 0) is 20.6 Å². The van der Waals surface area contributed by atoms with Gasteiger partial charge in [0.05, 0.1) is 23.7 Å². The summed E-state index contributed by atoms with van der Waals surface area (Å²) in [7, 11) is 3.26. The molecular formula is C24H24N6O3. The van der Waals surface area contributed by atoms with Crippen molar-refractivity contribution in [1.82, 2.24) is 28.8 Å². The highest BCUT2D eigenvalue weighted by Crippen LogP contribution is 2.28. The average Bonchev–Trinajstić information content (AvgIpc) is 3.50. The van der Waals surface area contributed by atoms with Gasteiger partial charge >= 0.3 is 5.69 Å². The lowest BCUT2D eigenvalue weighted by atomic mass is 10.0. The third kappa shape index (κ3) is 3.75. The minimum absolute atomic E-state index is 0.0272. The van der Waals surface area contributed by atoms with E-state index in [9.17, 15) is 14.4 Å². The number of nitrogens with zero attached hydrogens (tertiary/aromatic N) is 6. The van der Waals surface area contributed by atoms with Gasteiger partial charge in [0, 0.05) is 45.0 Å². The predicted molar refractivity (Wildman–Crippen MR) is 123 cm³/mol. The van der Waals surface area contributed by atoms with Gasteiger partial charge in [0.2, 0.25) is 0 Å². The number of benzene rings is 1. The van der Waals surface area contributed by atoms with Crippen LogP contribution in [0, 0.1) is 0 Å². The van der Waals surface area contributed by atoms with Crippen LogP contribution in [0.3, 0.4) is 0 Å². The van der Waals surface area contributed by atoms with Crippen LogP contribution in [-0.4, -0.2) is 47.8 Å². The second-order valence-corrected chi connectivity index (χ2v) is 8.47. The Balaban J connectivity index is 1.51. The SMILES string of the molecule is Cn1cc(C(=O)N2CC[C@H](c3ccc4c(=O)n(C)c(=O)n(Cc5ccccc5)c4n3)C2)cn1. The summed E-state index contributed by atoms with van der Waals surface area (Å²) in [6, 6.07) is 13.2. The van der Waals surface area contributed by atoms with Gasteiger partial charge in [-0.05, 0) is 24.1 Å². The maximum atomic E-state index is 13.0. The normalized spacial score (nSPS) is 15.9. The Morgan fingerprint density at radius 1 is 1.09 bits per heavy atom. The summed E-state index contributed by atoms with van der Waals surface area (Å²) in [5.74, 6) is -0.0272. The highest BCUT2D eigenvalue weighted by molar-refractivity contribution is 5.94. The molecule has 1 aliphatic heterocycles. The van der Waals surface area contributed by atoms with Crippen LogP contribution < -0.4 is 11.2 Å². The Labute approximate surface area is 189 Å². The molecule has 0 aliphatic carbocycles. The molecule has 5 rings (SSSR count). The number of carbonyl (C=O) groups excluding carboxylic acids is 1. The fourth-order valence-electron chi connectivity index (χ4n) is 4.41. The lowest BCUT2D eigenvalue weighted by Crippen LogP contribution is -2.38. The molecule has 0 N–H and O–H groups in total. The molecular weight excluding hydrogens is 420 g/mol. The maximum absolute atomic E-state index is 13.0. The molecule has 9 nitrogen and oxygen atoms in total. The first kappa shape index (κ1) is 20.9. The summed E-state index contributed by atoms with van der Waals surface area (Å²) >= 11 is 0. The average molecular weight is 444 g/mol. The van der Waals surface area contributed by atoms with Crippen LogP contribution >= 0.6 is 0 Å². The smallest absolute Gasteiger partial charge is 0.332 e. The van der Waals surface area contributed by atoms with Gasteiger partial charge < -0.3 is 4.90 Å². The van der Waals surface area contributed by atoms with E-state index in [1.807, 2.05) is 36.4 Å². The van der Waals surface area contributed by atoms with Crippen LogP contribution in [0.15, 0.2) is 64.4 Å². The number of hydrogen-bond donors (Lipinski definition) is 0. The molecule has 0 saturated carbocycles. The summed E-state index contributed by atoms with van der Waals surface area (Å²) in [6.45, 7) is 1.46. The minimum Gasteiger partial charge on any atom is -0.338 e. The summed E-state index contributed by atoms with van der Waals surface area (Å²) in [6.07, 6.45) is 4.04. The quantitative estimate of drug-likeness (QED) is 0.476. The van der Waals surface area contributed by atoms with Crippen molar-refractivity contribution in [3.05, 3.63) is 92.5 Å². The Morgan fingerprint density at radius 2 is 1.88 bits per heavy atom. The van der Waals surface area contributed by atoms with Gasteiger partial charge in [-0.2, -0.15) is 5.10 Å². The van der Waals surface area contributed by atoms with Gasteiger partial charge in [0.1, 0.15) is 5.65 Å². The monoisotopic (exact) mass is 444 g/mol. The van der Waals surface area contributed by atoms with Gasteiger partial charge in [-0.15, -0.1) is 0 Å². The van der Waals surface area contributed by atoms with Crippen molar-refractivity contribution in [2.45, 2.75) is 18.9 Å². The largest absolute Gasteiger partial charge is 0.338 e. The Bertz CT molecular complexity index is 1470. The highest BCUT2D eigenvalue weighted by atomic mass is 16.2. The zero-order valence-electron chi connectivity index (χ0n) is 18.5. The van der Waals surface area contributed by atoms with Crippen molar-refractivity contribution < 1.29 is 4.79 Å². The molecule has 0 unspecified atom stereocenters. The van der Waals surface area contributed by atoms with Gasteiger partial charge in [0.25, 0.3) is 11.5 Å². The molecule has 0 bridgehead atoms. The zero-order chi connectivity index (χ0) is 23.1. The predicted octanol–water partition coefficient (Wildman–Crippen LogP) is 1.51. The number of amides is 1. The van der Waals surface area contributed by atoms with E-state index >= 15 is 0 Å². The molecule has 9 heteroatoms. The minimum atomic E-state index is -0.402. The molecule has 1 saturated heterocycles. The summed E-state index contributed by atoms with van der Waals surface area (Å²) in [4.78, 5) is 45.1. The molecule has 1 aromatic carbocycles. The lowest BCUT2D eigenvalue weighted by molar-refractivity contribution is 0.0790. The van der Waals surface area contributed by atoms with Crippen LogP contribution in [0.25, 0.3) is 11.0 Å². The molecule has 4 heterocycles. The number of pyridine rings is 1. The Kier molecular flexibility index (Phi) is 5.16. The molecule has 33 heavy (non-hydrogen) atoms. The number of aryl methyl sites for hydroxylation is 1. The summed E-state index contributed by atoms with van der Waals surface area (Å²) in [5.41, 5.74) is 1.89. The van der Waals surface area contributed by atoms with Crippen molar-refractivity contribution in [2.24, 2.45) is 14.1 Å². The van der Waals surface area contributed by atoms with E-state index in [0.29, 0.717) is 36.2 Å². The number of carbonyl (C=O) groups is 1. The van der Waals surface area contributed by atoms with Crippen LogP contribution in [0.1, 0.15) is 34.0 Å². The third-order valence-corrected chi connectivity index (χ3v) is 6.23. The van der Waals surface area contributed by atoms with Crippen molar-refractivity contribution in [3.8, 4) is 0 Å². The first-order valence-corrected chi connectivity index (χ1v) is 10.8. The zero-order valence-corrected chi connectivity index (χ0v) is 18.5. The van der Waals surface area contributed by atoms with Crippen molar-refractivity contribution in [3.63, 3.8) is 0 Å². The molecule has 1 aliphatic rings. The molecule has 4 aromatic rings. The first-order chi connectivity index (χ1) is 15.9. The molecule has 1 amide bonds. The molecule has 3 aromatic heterocycles. The van der Waals surface area contributed by atoms with E-state index in [1.165, 1.54) is 7.05 Å². The lowest BCUT2D eigenvalue weighted by Gasteiger charge is -2.16. The summed E-state index contributed by atoms with van der Waals surface area (Å²) in [5, 5.41) is 4.48. The molecule has 1 fully saturated rings. The number of fused-ring (bicyclic) bond motifs is 1. The standard InChI is InChI=1S/C24H24N6O3/c1-27-14-18(12-25-27)22(31)29-11-10-17(15-29)20-9-8-19-21(26-20)30(24(33)28(2)23(19)32)13-16-6-4-3-5-7-16/h3-9,12,14,17H,10-11,13,15H2,1-2H3/t17-/m0/s1. The fraction of sp³-hybridized carbons (Fsp3) is 0.292. The topological polar surface area (TPSA) is 95.0 Å². The molecule has 168 valence electrons. The van der Waals surface area contributed by atoms with E-state index < -0.39 is 5.69 Å². The van der Waals surface area contributed by atoms with E-state index in [-0.39, 0.29) is 17.4 Å². The van der Waals surface area contributed by atoms with Crippen LogP contribution in [0.2, 0.25) is 0 Å². The van der Waals surface area contributed by atoms with Gasteiger partial charge in [-0.1, -0.05) is 30.3 Å². The Morgan fingerprint density at radius 3 is 2.61 bits per heavy atom.